The summed E-state index contributed by atoms with van der Waals surface area (Å²) < 4.78 is 17.3. The lowest BCUT2D eigenvalue weighted by atomic mass is 9.88. The molecule has 2 saturated heterocycles. The molecule has 1 amide bonds. The number of allylic oxidation sites excluding steroid dienone is 2. The van der Waals surface area contributed by atoms with Gasteiger partial charge in [-0.2, -0.15) is 0 Å². The normalized spacial score (nSPS) is 35.9. The number of nitrogens with one attached hydrogen (secondary N) is 1. The Labute approximate surface area is 261 Å². The van der Waals surface area contributed by atoms with Crippen LogP contribution in [0.1, 0.15) is 73.6 Å². The lowest BCUT2D eigenvalue weighted by Crippen LogP contribution is -2.50. The van der Waals surface area contributed by atoms with Crippen molar-refractivity contribution in [2.45, 2.75) is 121 Å². The second kappa shape index (κ2) is 15.8. The second-order valence-electron chi connectivity index (χ2n) is 13.3. The van der Waals surface area contributed by atoms with Crippen molar-refractivity contribution < 1.29 is 44.2 Å². The van der Waals surface area contributed by atoms with E-state index in [1.54, 1.807) is 49.1 Å². The fourth-order valence-corrected chi connectivity index (χ4v) is 5.83. The molecule has 0 aliphatic carbocycles. The first kappa shape index (κ1) is 36.2. The summed E-state index contributed by atoms with van der Waals surface area (Å²) in [6, 6.07) is 0. The number of hydrogen-bond donors (Lipinski definition) is 5. The van der Waals surface area contributed by atoms with Crippen molar-refractivity contribution in [2.75, 3.05) is 26.2 Å². The van der Waals surface area contributed by atoms with Crippen LogP contribution in [0.15, 0.2) is 36.0 Å². The van der Waals surface area contributed by atoms with Crippen LogP contribution in [0.3, 0.4) is 0 Å². The van der Waals surface area contributed by atoms with Gasteiger partial charge in [-0.15, -0.1) is 0 Å². The number of carbonyl (C=O) groups is 2. The standard InChI is InChI=1S/C33H54N2O9/c1-7-25(37)23(4)30-26(42-30)20-32(5,40)13-8-9-21(2)29-22(3)10-11-27(43-31(39)35-17-15-34-16-18-35)33(6,41)14-12-24(36)19-28(38)44-29/h8-11,13,22-27,29-30,34,36-37,40-41H,7,12,14-20H2,1-6H3/b11-10-,13-8+,21-9+/t22-,23+,24+,25-,26+,27-,29+,30+,32-,33+/m0/s1. The summed E-state index contributed by atoms with van der Waals surface area (Å²) in [7, 11) is 0. The average Bonchev–Trinajstić information content (AvgIpc) is 3.73. The molecule has 11 nitrogen and oxygen atoms in total. The topological polar surface area (TPSA) is 161 Å². The lowest BCUT2D eigenvalue weighted by molar-refractivity contribution is -0.151. The second-order valence-corrected chi connectivity index (χ2v) is 13.3. The molecular weight excluding hydrogens is 568 g/mol. The largest absolute Gasteiger partial charge is 0.457 e. The SMILES string of the molecule is CC[C@H](O)[C@@H](C)[C@H]1O[C@@H]1C[C@@](C)(O)/C=C/C=C(\C)[C@H]1OC(=O)C[C@H](O)CC[C@@](C)(O)[C@@H](OC(=O)N2CCNCC2)/C=C\[C@@H]1C. The van der Waals surface area contributed by atoms with E-state index in [0.29, 0.717) is 44.6 Å². The zero-order valence-corrected chi connectivity index (χ0v) is 27.1. The van der Waals surface area contributed by atoms with E-state index >= 15 is 0 Å². The van der Waals surface area contributed by atoms with Crippen LogP contribution in [0.25, 0.3) is 0 Å². The van der Waals surface area contributed by atoms with E-state index in [-0.39, 0.29) is 43.3 Å². The third-order valence-corrected chi connectivity index (χ3v) is 8.97. The van der Waals surface area contributed by atoms with Crippen molar-refractivity contribution in [3.05, 3.63) is 36.0 Å². The summed E-state index contributed by atoms with van der Waals surface area (Å²) in [5.41, 5.74) is -1.93. The van der Waals surface area contributed by atoms with E-state index in [4.69, 9.17) is 14.2 Å². The molecule has 3 heterocycles. The van der Waals surface area contributed by atoms with Crippen LogP contribution in [0.5, 0.6) is 0 Å². The molecule has 0 aromatic heterocycles. The average molecular weight is 623 g/mol. The Kier molecular flexibility index (Phi) is 13.0. The van der Waals surface area contributed by atoms with Gasteiger partial charge in [-0.3, -0.25) is 4.79 Å². The molecule has 0 spiro atoms. The van der Waals surface area contributed by atoms with Gasteiger partial charge in [0, 0.05) is 44.4 Å². The van der Waals surface area contributed by atoms with E-state index in [1.165, 1.54) is 0 Å². The van der Waals surface area contributed by atoms with Crippen molar-refractivity contribution in [3.63, 3.8) is 0 Å². The summed E-state index contributed by atoms with van der Waals surface area (Å²) in [5, 5.41) is 46.1. The highest BCUT2D eigenvalue weighted by molar-refractivity contribution is 5.70. The van der Waals surface area contributed by atoms with Crippen molar-refractivity contribution in [2.24, 2.45) is 11.8 Å². The first-order valence-electron chi connectivity index (χ1n) is 16.0. The maximum absolute atomic E-state index is 12.9. The van der Waals surface area contributed by atoms with Crippen LogP contribution in [-0.4, -0.2) is 111 Å². The van der Waals surface area contributed by atoms with E-state index in [1.807, 2.05) is 27.7 Å². The summed E-state index contributed by atoms with van der Waals surface area (Å²) in [4.78, 5) is 27.3. The number of cyclic esters (lactones) is 1. The highest BCUT2D eigenvalue weighted by Crippen LogP contribution is 2.37. The quantitative estimate of drug-likeness (QED) is 0.112. The van der Waals surface area contributed by atoms with Gasteiger partial charge in [0.15, 0.2) is 6.10 Å². The summed E-state index contributed by atoms with van der Waals surface area (Å²) in [6.45, 7) is 13.1. The number of rotatable bonds is 9. The van der Waals surface area contributed by atoms with Gasteiger partial charge in [0.1, 0.15) is 11.7 Å². The van der Waals surface area contributed by atoms with Crippen molar-refractivity contribution in [1.82, 2.24) is 10.2 Å². The minimum Gasteiger partial charge on any atom is -0.457 e. The zero-order chi connectivity index (χ0) is 32.7. The van der Waals surface area contributed by atoms with E-state index in [2.05, 4.69) is 5.32 Å². The maximum Gasteiger partial charge on any atom is 0.410 e. The Morgan fingerprint density at radius 1 is 1.32 bits per heavy atom. The van der Waals surface area contributed by atoms with Gasteiger partial charge in [0.25, 0.3) is 0 Å². The third kappa shape index (κ3) is 10.7. The molecule has 11 heteroatoms. The van der Waals surface area contributed by atoms with Crippen LogP contribution in [0, 0.1) is 11.8 Å². The van der Waals surface area contributed by atoms with Gasteiger partial charge in [-0.25, -0.2) is 4.79 Å². The monoisotopic (exact) mass is 622 g/mol. The molecule has 0 unspecified atom stereocenters. The number of aliphatic hydroxyl groups excluding tert-OH is 2. The first-order valence-corrected chi connectivity index (χ1v) is 16.0. The Balaban J connectivity index is 1.74. The molecule has 3 aliphatic rings. The summed E-state index contributed by atoms with van der Waals surface area (Å²) >= 11 is 0. The molecule has 44 heavy (non-hydrogen) atoms. The molecule has 0 saturated carbocycles. The summed E-state index contributed by atoms with van der Waals surface area (Å²) in [6.07, 6.45) is 5.68. The molecular formula is C33H54N2O9. The molecule has 0 bridgehead atoms. The highest BCUT2D eigenvalue weighted by Gasteiger charge is 2.47. The number of carbonyl (C=O) groups excluding carboxylic acids is 2. The Bertz CT molecular complexity index is 1050. The maximum atomic E-state index is 12.9. The molecule has 5 N–H and O–H groups in total. The smallest absolute Gasteiger partial charge is 0.410 e. The van der Waals surface area contributed by atoms with Crippen molar-refractivity contribution >= 4 is 12.1 Å². The predicted molar refractivity (Wildman–Crippen MR) is 166 cm³/mol. The number of esters is 1. The highest BCUT2D eigenvalue weighted by atomic mass is 16.6. The minimum absolute atomic E-state index is 0.00958. The molecule has 0 radical (unpaired) electrons. The van der Waals surface area contributed by atoms with Gasteiger partial charge in [-0.05, 0) is 51.7 Å². The number of hydrogen-bond acceptors (Lipinski definition) is 10. The Hall–Kier alpha value is -2.28. The van der Waals surface area contributed by atoms with Gasteiger partial charge in [0.2, 0.25) is 0 Å². The molecule has 3 rings (SSSR count). The Morgan fingerprint density at radius 3 is 2.66 bits per heavy atom. The van der Waals surface area contributed by atoms with E-state index in [9.17, 15) is 30.0 Å². The van der Waals surface area contributed by atoms with Gasteiger partial charge in [-0.1, -0.05) is 45.1 Å². The molecule has 2 fully saturated rings. The molecule has 250 valence electrons. The fraction of sp³-hybridized carbons (Fsp3) is 0.758. The number of epoxide rings is 1. The number of piperazine rings is 1. The predicted octanol–water partition coefficient (Wildman–Crippen LogP) is 2.61. The van der Waals surface area contributed by atoms with Gasteiger partial charge < -0.3 is 44.9 Å². The van der Waals surface area contributed by atoms with Crippen LogP contribution in [0.4, 0.5) is 4.79 Å². The summed E-state index contributed by atoms with van der Waals surface area (Å²) in [5.74, 6) is -0.942. The van der Waals surface area contributed by atoms with Crippen molar-refractivity contribution in [3.8, 4) is 0 Å². The van der Waals surface area contributed by atoms with Crippen LogP contribution in [0.2, 0.25) is 0 Å². The molecule has 3 aliphatic heterocycles. The fourth-order valence-electron chi connectivity index (χ4n) is 5.83. The molecule has 10 atom stereocenters. The zero-order valence-electron chi connectivity index (χ0n) is 27.1. The van der Waals surface area contributed by atoms with E-state index in [0.717, 1.165) is 0 Å². The molecule has 0 aromatic carbocycles. The number of nitrogens with zero attached hydrogens (tertiary/aromatic N) is 1. The third-order valence-electron chi connectivity index (χ3n) is 8.97. The van der Waals surface area contributed by atoms with Crippen molar-refractivity contribution in [1.29, 1.82) is 0 Å². The van der Waals surface area contributed by atoms with Crippen LogP contribution in [-0.2, 0) is 19.0 Å². The van der Waals surface area contributed by atoms with Crippen LogP contribution >= 0.6 is 0 Å². The van der Waals surface area contributed by atoms with Gasteiger partial charge >= 0.3 is 12.1 Å². The minimum atomic E-state index is -1.48. The van der Waals surface area contributed by atoms with E-state index < -0.39 is 47.7 Å². The van der Waals surface area contributed by atoms with Gasteiger partial charge in [0.05, 0.1) is 36.4 Å². The molecule has 0 aromatic rings. The Morgan fingerprint density at radius 2 is 2.00 bits per heavy atom. The number of ether oxygens (including phenoxy) is 3. The first-order chi connectivity index (χ1) is 20.6. The van der Waals surface area contributed by atoms with Crippen LogP contribution < -0.4 is 5.32 Å². The lowest BCUT2D eigenvalue weighted by Gasteiger charge is -2.35. The number of aliphatic hydroxyl groups is 4. The number of amides is 1.